The first-order chi connectivity index (χ1) is 49.1. The largest absolute Gasteiger partial charge is 0.394 e. The van der Waals surface area contributed by atoms with Crippen molar-refractivity contribution in [3.63, 3.8) is 0 Å². The number of amides is 2. The molecule has 9 aliphatic rings. The van der Waals surface area contributed by atoms with Gasteiger partial charge in [0, 0.05) is 13.8 Å². The molecular formula is C58H98N2O44. The molecule has 104 heavy (non-hydrogen) atoms. The molecule has 0 aromatic rings. The maximum Gasteiger partial charge on any atom is 0.217 e. The summed E-state index contributed by atoms with van der Waals surface area (Å²) in [4.78, 5) is 26.5. The van der Waals surface area contributed by atoms with Crippen molar-refractivity contribution in [2.75, 3.05) is 46.2 Å². The molecule has 9 saturated heterocycles. The van der Waals surface area contributed by atoms with Crippen LogP contribution >= 0.6 is 0 Å². The van der Waals surface area contributed by atoms with Gasteiger partial charge in [0.15, 0.2) is 56.6 Å². The van der Waals surface area contributed by atoms with Crippen molar-refractivity contribution in [2.24, 2.45) is 0 Å². The van der Waals surface area contributed by atoms with Gasteiger partial charge in [-0.1, -0.05) is 0 Å². The minimum absolute atomic E-state index is 0.944. The standard InChI is InChI=1S/C58H98N2O44/c1-12-25(69)32(76)38(82)53(89-12)100-45-23(59-14(3)67)51(96-20(9-65)43(45)98-55-40(84)34(78)27(71)16(5-61)92-55)103-48-36(80)29(73)18(7-63)94-57(48)88-11-22-31(75)47(42(86)50(87)91-22)102-58-49(37(81)30(74)19(8-64)95-58)104-52-24(60-15(4)68)46(101-54-39(83)33(77)26(70)13(2)90-54)44(21(10-66)97-52)99-56-41(85)35(79)28(72)17(6-62)93-56/h12-13,16-58,61-66,69-87H,5-11H2,1-4H3,(H,59,67)(H,60,68)/t12-,13-,16+,17+,18+,19+,20+,21+,22+,23+,24+,25+,26+,27-,28-,29+,30+,31+,32+,33+,34-,35-,36-,37-,38-,39-,40+,41+,42-,43+,44+,45+,46+,47-,48-,49-,50?,51-,52-,53-,54-,55-,56-,57-,58+/m0/s1. The second kappa shape index (κ2) is 36.6. The molecule has 9 heterocycles. The zero-order valence-electron chi connectivity index (χ0n) is 55.9. The number of rotatable bonds is 25. The molecule has 46 nitrogen and oxygen atoms in total. The lowest BCUT2D eigenvalue weighted by Crippen LogP contribution is -2.71. The molecule has 604 valence electrons. The van der Waals surface area contributed by atoms with E-state index in [-0.39, 0.29) is 0 Å². The van der Waals surface area contributed by atoms with E-state index in [1.807, 2.05) is 0 Å². The van der Waals surface area contributed by atoms with E-state index in [4.69, 9.17) is 80.5 Å². The topological polar surface area (TPSA) is 721 Å². The molecule has 0 spiro atoms. The third-order valence-electron chi connectivity index (χ3n) is 19.5. The lowest BCUT2D eigenvalue weighted by atomic mass is 9.93. The Morgan fingerprint density at radius 1 is 0.269 bits per heavy atom. The van der Waals surface area contributed by atoms with Crippen LogP contribution < -0.4 is 10.6 Å². The van der Waals surface area contributed by atoms with E-state index in [2.05, 4.69) is 10.6 Å². The van der Waals surface area contributed by atoms with Gasteiger partial charge in [0.05, 0.1) is 58.5 Å². The first-order valence-corrected chi connectivity index (χ1v) is 33.4. The highest BCUT2D eigenvalue weighted by Gasteiger charge is 2.61. The van der Waals surface area contributed by atoms with Gasteiger partial charge in [-0.2, -0.15) is 0 Å². The summed E-state index contributed by atoms with van der Waals surface area (Å²) in [5, 5.41) is 278. The molecule has 0 aliphatic carbocycles. The highest BCUT2D eigenvalue weighted by Crippen LogP contribution is 2.40. The molecule has 0 aromatic heterocycles. The number of hydrogen-bond acceptors (Lipinski definition) is 44. The van der Waals surface area contributed by atoms with Crippen molar-refractivity contribution < 1.29 is 218 Å². The summed E-state index contributed by atoms with van der Waals surface area (Å²) in [6.45, 7) is -3.09. The predicted molar refractivity (Wildman–Crippen MR) is 317 cm³/mol. The third kappa shape index (κ3) is 18.1. The van der Waals surface area contributed by atoms with Crippen LogP contribution in [0.5, 0.6) is 0 Å². The van der Waals surface area contributed by atoms with Crippen molar-refractivity contribution in [1.82, 2.24) is 10.6 Å². The van der Waals surface area contributed by atoms with E-state index in [9.17, 15) is 137 Å². The Kier molecular flexibility index (Phi) is 30.0. The second-order valence-corrected chi connectivity index (χ2v) is 26.7. The van der Waals surface area contributed by atoms with Crippen molar-refractivity contribution >= 4 is 11.8 Å². The SMILES string of the molecule is CC(=O)N[C@H]1[C@H](O[C@@H]2[C@@H](OC[C@H]3OC(O)[C@@H](O)[C@@H](O[C@H]4O[C@H](CO)[C@@H](O)[C@H](O)[C@@H]4O[C@@H]4O[C@H](CO)[C@@H](O[C@@H]5O[C@H](CO)[C@H](O)[C@H](O)[C@H]5O)[C@H](O[C@@H]5O[C@@H](C)[C@@H](O)[C@@H](O)[C@@H]5O)[C@H]4NC(C)=O)[C@@H]3O)O[C@H](CO)[C@@H](O)[C@@H]2O)O[C@H](CO)[C@@H](O[C@@H]2O[C@H](CO)[C@H](O)[C@H](O)[C@H]2O)[C@@H]1O[C@@H]1O[C@@H](C)[C@@H](O)[C@@H](O)[C@@H]1O. The summed E-state index contributed by atoms with van der Waals surface area (Å²) in [5.41, 5.74) is 0. The highest BCUT2D eigenvalue weighted by molar-refractivity contribution is 5.73. The minimum Gasteiger partial charge on any atom is -0.394 e. The van der Waals surface area contributed by atoms with Gasteiger partial charge in [0.1, 0.15) is 207 Å². The number of ether oxygens (including phenoxy) is 17. The maximum atomic E-state index is 13.2. The number of carbonyl (C=O) groups excluding carboxylic acids is 2. The number of hydrogen-bond donors (Lipinski definition) is 27. The average molecular weight is 1530 g/mol. The lowest BCUT2D eigenvalue weighted by Gasteiger charge is -2.52. The first kappa shape index (κ1) is 85.3. The Bertz CT molecular complexity index is 2680. The first-order valence-electron chi connectivity index (χ1n) is 33.4. The van der Waals surface area contributed by atoms with Gasteiger partial charge < -0.3 is 219 Å². The predicted octanol–water partition coefficient (Wildman–Crippen LogP) is -18.3. The van der Waals surface area contributed by atoms with Crippen LogP contribution in [0.3, 0.4) is 0 Å². The molecule has 45 atom stereocenters. The Morgan fingerprint density at radius 2 is 0.558 bits per heavy atom. The summed E-state index contributed by atoms with van der Waals surface area (Å²) in [6, 6.07) is -3.87. The fraction of sp³-hybridized carbons (Fsp3) is 0.966. The maximum absolute atomic E-state index is 13.2. The van der Waals surface area contributed by atoms with Crippen molar-refractivity contribution in [2.45, 2.75) is 304 Å². The Labute approximate surface area is 589 Å². The molecule has 1 unspecified atom stereocenters. The molecule has 0 saturated carbocycles. The molecule has 9 aliphatic heterocycles. The van der Waals surface area contributed by atoms with E-state index in [1.54, 1.807) is 0 Å². The number of carbonyl (C=O) groups is 2. The summed E-state index contributed by atoms with van der Waals surface area (Å²) in [7, 11) is 0. The van der Waals surface area contributed by atoms with E-state index < -0.39 is 334 Å². The van der Waals surface area contributed by atoms with Gasteiger partial charge in [-0.15, -0.1) is 0 Å². The number of aliphatic hydroxyl groups excluding tert-OH is 25. The van der Waals surface area contributed by atoms with Crippen molar-refractivity contribution in [3.8, 4) is 0 Å². The summed E-state index contributed by atoms with van der Waals surface area (Å²) in [6.07, 6.45) is -86.6. The molecule has 0 radical (unpaired) electrons. The monoisotopic (exact) mass is 1530 g/mol. The fourth-order valence-corrected chi connectivity index (χ4v) is 13.5. The van der Waals surface area contributed by atoms with Crippen molar-refractivity contribution in [1.29, 1.82) is 0 Å². The molecule has 2 amide bonds. The molecule has 0 bridgehead atoms. The summed E-state index contributed by atoms with van der Waals surface area (Å²) in [5.74, 6) is -1.91. The smallest absolute Gasteiger partial charge is 0.217 e. The van der Waals surface area contributed by atoms with Crippen LogP contribution in [0.2, 0.25) is 0 Å². The van der Waals surface area contributed by atoms with Gasteiger partial charge in [0.2, 0.25) is 11.8 Å². The Hall–Kier alpha value is -2.74. The highest BCUT2D eigenvalue weighted by atomic mass is 16.8. The summed E-state index contributed by atoms with van der Waals surface area (Å²) >= 11 is 0. The van der Waals surface area contributed by atoms with Crippen molar-refractivity contribution in [3.05, 3.63) is 0 Å². The molecule has 0 aromatic carbocycles. The lowest BCUT2D eigenvalue weighted by molar-refractivity contribution is -0.399. The van der Waals surface area contributed by atoms with Gasteiger partial charge in [-0.05, 0) is 13.8 Å². The van der Waals surface area contributed by atoms with Crippen LogP contribution in [0.1, 0.15) is 27.7 Å². The summed E-state index contributed by atoms with van der Waals surface area (Å²) < 4.78 is 101. The van der Waals surface area contributed by atoms with Crippen LogP contribution in [0, 0.1) is 0 Å². The quantitative estimate of drug-likeness (QED) is 0.0404. The zero-order valence-corrected chi connectivity index (χ0v) is 55.9. The number of nitrogens with one attached hydrogen (secondary N) is 2. The van der Waals surface area contributed by atoms with Gasteiger partial charge in [0.25, 0.3) is 0 Å². The van der Waals surface area contributed by atoms with Crippen LogP contribution in [0.25, 0.3) is 0 Å². The fourth-order valence-electron chi connectivity index (χ4n) is 13.5. The third-order valence-corrected chi connectivity index (χ3v) is 19.5. The van der Waals surface area contributed by atoms with Crippen LogP contribution in [0.4, 0.5) is 0 Å². The molecule has 46 heteroatoms. The second-order valence-electron chi connectivity index (χ2n) is 26.7. The van der Waals surface area contributed by atoms with E-state index >= 15 is 0 Å². The van der Waals surface area contributed by atoms with Gasteiger partial charge in [-0.3, -0.25) is 9.59 Å². The van der Waals surface area contributed by atoms with E-state index in [0.717, 1.165) is 13.8 Å². The van der Waals surface area contributed by atoms with Gasteiger partial charge in [-0.25, -0.2) is 0 Å². The van der Waals surface area contributed by atoms with E-state index in [0.29, 0.717) is 0 Å². The van der Waals surface area contributed by atoms with E-state index in [1.165, 1.54) is 13.8 Å². The Balaban J connectivity index is 0.993. The molecular weight excluding hydrogens is 1430 g/mol. The normalized spacial score (nSPS) is 51.9. The minimum atomic E-state index is -2.42. The van der Waals surface area contributed by atoms with Crippen LogP contribution in [-0.2, 0) is 90.1 Å². The average Bonchev–Trinajstić information content (AvgIpc) is 0.762. The van der Waals surface area contributed by atoms with Crippen LogP contribution in [0.15, 0.2) is 0 Å². The molecule has 9 rings (SSSR count). The molecule has 27 N–H and O–H groups in total. The Morgan fingerprint density at radius 3 is 0.923 bits per heavy atom. The zero-order chi connectivity index (χ0) is 76.5. The molecule has 9 fully saturated rings. The van der Waals surface area contributed by atoms with Gasteiger partial charge >= 0.3 is 0 Å². The number of aliphatic hydroxyl groups is 25. The van der Waals surface area contributed by atoms with Crippen LogP contribution in [-0.4, -0.2) is 462 Å².